The van der Waals surface area contributed by atoms with Crippen molar-refractivity contribution in [1.82, 2.24) is 0 Å². The number of halogens is 3. The van der Waals surface area contributed by atoms with Crippen molar-refractivity contribution in [3.63, 3.8) is 0 Å². The Hall–Kier alpha value is -2.02. The highest BCUT2D eigenvalue weighted by atomic mass is 79.9. The lowest BCUT2D eigenvalue weighted by molar-refractivity contribution is -0.387. The first kappa shape index (κ1) is 14.4. The SMILES string of the molecule is O=[N+]([O-])c1cc(F)c(OCc2ccccc2)c(Br)c1F. The summed E-state index contributed by atoms with van der Waals surface area (Å²) in [5, 5.41) is 10.6. The van der Waals surface area contributed by atoms with Gasteiger partial charge in [-0.2, -0.15) is 4.39 Å². The molecule has 0 amide bonds. The van der Waals surface area contributed by atoms with Gasteiger partial charge < -0.3 is 4.74 Å². The second-order valence-corrected chi connectivity index (χ2v) is 4.66. The molecule has 0 bridgehead atoms. The zero-order valence-electron chi connectivity index (χ0n) is 9.98. The molecule has 4 nitrogen and oxygen atoms in total. The zero-order valence-corrected chi connectivity index (χ0v) is 11.6. The molecule has 0 aliphatic carbocycles. The van der Waals surface area contributed by atoms with Gasteiger partial charge in [-0.25, -0.2) is 4.39 Å². The molecular formula is C13H8BrF2NO3. The van der Waals surface area contributed by atoms with E-state index in [4.69, 9.17) is 4.74 Å². The predicted octanol–water partition coefficient (Wildman–Crippen LogP) is 4.21. The molecule has 0 saturated carbocycles. The molecule has 0 fully saturated rings. The van der Waals surface area contributed by atoms with Gasteiger partial charge in [0.05, 0.1) is 11.0 Å². The standard InChI is InChI=1S/C13H8BrF2NO3/c14-11-12(16)10(17(18)19)6-9(15)13(11)20-7-8-4-2-1-3-5-8/h1-6H,7H2. The van der Waals surface area contributed by atoms with Crippen LogP contribution < -0.4 is 4.74 Å². The summed E-state index contributed by atoms with van der Waals surface area (Å²) in [6.07, 6.45) is 0. The monoisotopic (exact) mass is 343 g/mol. The molecule has 0 atom stereocenters. The van der Waals surface area contributed by atoms with Gasteiger partial charge in [0.25, 0.3) is 0 Å². The van der Waals surface area contributed by atoms with Crippen molar-refractivity contribution in [2.24, 2.45) is 0 Å². The van der Waals surface area contributed by atoms with Crippen LogP contribution in [0.4, 0.5) is 14.5 Å². The van der Waals surface area contributed by atoms with Crippen LogP contribution in [-0.4, -0.2) is 4.92 Å². The topological polar surface area (TPSA) is 52.4 Å². The van der Waals surface area contributed by atoms with Crippen LogP contribution in [0.5, 0.6) is 5.75 Å². The molecule has 20 heavy (non-hydrogen) atoms. The first-order valence-electron chi connectivity index (χ1n) is 5.49. The second kappa shape index (κ2) is 5.96. The van der Waals surface area contributed by atoms with Gasteiger partial charge in [-0.3, -0.25) is 10.1 Å². The molecule has 2 aromatic rings. The third kappa shape index (κ3) is 2.93. The van der Waals surface area contributed by atoms with Crippen LogP contribution in [0.25, 0.3) is 0 Å². The van der Waals surface area contributed by atoms with Crippen LogP contribution in [0.1, 0.15) is 5.56 Å². The van der Waals surface area contributed by atoms with Gasteiger partial charge >= 0.3 is 5.69 Å². The molecule has 0 spiro atoms. The minimum atomic E-state index is -1.17. The van der Waals surface area contributed by atoms with Crippen molar-refractivity contribution < 1.29 is 18.4 Å². The molecule has 0 aliphatic heterocycles. The van der Waals surface area contributed by atoms with E-state index in [0.717, 1.165) is 5.56 Å². The number of benzene rings is 2. The summed E-state index contributed by atoms with van der Waals surface area (Å²) in [5.74, 6) is -2.56. The zero-order chi connectivity index (χ0) is 14.7. The molecule has 2 rings (SSSR count). The van der Waals surface area contributed by atoms with E-state index in [9.17, 15) is 18.9 Å². The van der Waals surface area contributed by atoms with Gasteiger partial charge in [0.1, 0.15) is 11.1 Å². The van der Waals surface area contributed by atoms with E-state index in [2.05, 4.69) is 15.9 Å². The van der Waals surface area contributed by atoms with Gasteiger partial charge in [-0.15, -0.1) is 0 Å². The largest absolute Gasteiger partial charge is 0.485 e. The van der Waals surface area contributed by atoms with Gasteiger partial charge in [-0.1, -0.05) is 30.3 Å². The van der Waals surface area contributed by atoms with Crippen molar-refractivity contribution in [2.45, 2.75) is 6.61 Å². The van der Waals surface area contributed by atoms with Crippen LogP contribution in [0.15, 0.2) is 40.9 Å². The van der Waals surface area contributed by atoms with Crippen molar-refractivity contribution in [3.8, 4) is 5.75 Å². The minimum Gasteiger partial charge on any atom is -0.485 e. The van der Waals surface area contributed by atoms with Crippen LogP contribution >= 0.6 is 15.9 Å². The number of nitrogens with zero attached hydrogens (tertiary/aromatic N) is 1. The minimum absolute atomic E-state index is 0.0214. The first-order valence-corrected chi connectivity index (χ1v) is 6.28. The van der Waals surface area contributed by atoms with Crippen molar-refractivity contribution in [1.29, 1.82) is 0 Å². The van der Waals surface area contributed by atoms with Gasteiger partial charge in [0.2, 0.25) is 5.82 Å². The van der Waals surface area contributed by atoms with E-state index in [1.54, 1.807) is 24.3 Å². The summed E-state index contributed by atoms with van der Waals surface area (Å²) >= 11 is 2.78. The quantitative estimate of drug-likeness (QED) is 0.474. The Morgan fingerprint density at radius 3 is 2.50 bits per heavy atom. The van der Waals surface area contributed by atoms with Crippen molar-refractivity contribution in [2.75, 3.05) is 0 Å². The lowest BCUT2D eigenvalue weighted by Crippen LogP contribution is -2.02. The molecule has 2 aromatic carbocycles. The fraction of sp³-hybridized carbons (Fsp3) is 0.0769. The molecule has 104 valence electrons. The lowest BCUT2D eigenvalue weighted by atomic mass is 10.2. The number of nitro groups is 1. The maximum atomic E-state index is 13.7. The average Bonchev–Trinajstić information content (AvgIpc) is 2.43. The number of nitro benzene ring substituents is 1. The highest BCUT2D eigenvalue weighted by molar-refractivity contribution is 9.10. The Morgan fingerprint density at radius 2 is 1.90 bits per heavy atom. The molecular weight excluding hydrogens is 336 g/mol. The summed E-state index contributed by atoms with van der Waals surface area (Å²) in [6, 6.07) is 9.38. The molecule has 0 radical (unpaired) electrons. The molecule has 0 heterocycles. The number of hydrogen-bond donors (Lipinski definition) is 0. The fourth-order valence-corrected chi connectivity index (χ4v) is 2.07. The smallest absolute Gasteiger partial charge is 0.309 e. The number of rotatable bonds is 4. The predicted molar refractivity (Wildman–Crippen MR) is 71.5 cm³/mol. The van der Waals surface area contributed by atoms with Crippen LogP contribution in [-0.2, 0) is 6.61 Å². The Labute approximate surface area is 121 Å². The summed E-state index contributed by atoms with van der Waals surface area (Å²) in [6.45, 7) is 0.0214. The molecule has 0 N–H and O–H groups in total. The van der Waals surface area contributed by atoms with E-state index < -0.39 is 32.5 Å². The van der Waals surface area contributed by atoms with E-state index >= 15 is 0 Å². The van der Waals surface area contributed by atoms with Crippen LogP contribution in [0.3, 0.4) is 0 Å². The van der Waals surface area contributed by atoms with Crippen LogP contribution in [0.2, 0.25) is 0 Å². The maximum Gasteiger partial charge on any atom is 0.309 e. The number of ether oxygens (including phenoxy) is 1. The number of hydrogen-bond acceptors (Lipinski definition) is 3. The second-order valence-electron chi connectivity index (χ2n) is 3.87. The van der Waals surface area contributed by atoms with Gasteiger partial charge in [0, 0.05) is 0 Å². The molecule has 0 aliphatic rings. The summed E-state index contributed by atoms with van der Waals surface area (Å²) < 4.78 is 32.2. The summed E-state index contributed by atoms with van der Waals surface area (Å²) in [5.41, 5.74) is -0.181. The third-order valence-electron chi connectivity index (χ3n) is 2.52. The summed E-state index contributed by atoms with van der Waals surface area (Å²) in [7, 11) is 0. The van der Waals surface area contributed by atoms with E-state index in [0.29, 0.717) is 6.07 Å². The average molecular weight is 344 g/mol. The third-order valence-corrected chi connectivity index (χ3v) is 3.23. The Kier molecular flexibility index (Phi) is 4.29. The fourth-order valence-electron chi connectivity index (χ4n) is 1.56. The highest BCUT2D eigenvalue weighted by Gasteiger charge is 2.25. The Balaban J connectivity index is 2.29. The van der Waals surface area contributed by atoms with Crippen LogP contribution in [0, 0.1) is 21.7 Å². The maximum absolute atomic E-state index is 13.7. The normalized spacial score (nSPS) is 10.3. The highest BCUT2D eigenvalue weighted by Crippen LogP contribution is 2.36. The van der Waals surface area contributed by atoms with Crippen molar-refractivity contribution in [3.05, 3.63) is 68.2 Å². The Bertz CT molecular complexity index is 650. The Morgan fingerprint density at radius 1 is 1.25 bits per heavy atom. The summed E-state index contributed by atoms with van der Waals surface area (Å²) in [4.78, 5) is 9.56. The first-order chi connectivity index (χ1) is 9.50. The molecule has 0 unspecified atom stereocenters. The van der Waals surface area contributed by atoms with E-state index in [-0.39, 0.29) is 6.61 Å². The van der Waals surface area contributed by atoms with Crippen molar-refractivity contribution >= 4 is 21.6 Å². The molecule has 7 heteroatoms. The molecule has 0 saturated heterocycles. The van der Waals surface area contributed by atoms with E-state index in [1.165, 1.54) is 0 Å². The van der Waals surface area contributed by atoms with E-state index in [1.807, 2.05) is 6.07 Å². The van der Waals surface area contributed by atoms with Gasteiger partial charge in [0.15, 0.2) is 11.6 Å². The molecule has 0 aromatic heterocycles. The van der Waals surface area contributed by atoms with Gasteiger partial charge in [-0.05, 0) is 21.5 Å². The lowest BCUT2D eigenvalue weighted by Gasteiger charge is -2.10.